The summed E-state index contributed by atoms with van der Waals surface area (Å²) in [5, 5.41) is 15.3. The maximum Gasteiger partial charge on any atom is 0.341 e. The summed E-state index contributed by atoms with van der Waals surface area (Å²) in [5.41, 5.74) is 5.91. The molecule has 3 aromatic carbocycles. The van der Waals surface area contributed by atoms with Gasteiger partial charge in [-0.25, -0.2) is 4.79 Å². The molecule has 0 radical (unpaired) electrons. The summed E-state index contributed by atoms with van der Waals surface area (Å²) in [7, 11) is 0. The van der Waals surface area contributed by atoms with Gasteiger partial charge in [0.15, 0.2) is 6.10 Å². The first kappa shape index (κ1) is 18.8. The van der Waals surface area contributed by atoms with Gasteiger partial charge in [-0.05, 0) is 24.4 Å². The normalized spacial score (nSPS) is 11.6. The molecule has 142 valence electrons. The fraction of sp³-hybridized carbons (Fsp3) is 0.100. The van der Waals surface area contributed by atoms with E-state index >= 15 is 0 Å². The van der Waals surface area contributed by atoms with Crippen molar-refractivity contribution in [2.24, 2.45) is 0 Å². The van der Waals surface area contributed by atoms with Crippen LogP contribution in [0.5, 0.6) is 0 Å². The van der Waals surface area contributed by atoms with Crippen LogP contribution < -0.4 is 11.1 Å². The largest absolute Gasteiger partial charge is 0.449 e. The molecule has 8 nitrogen and oxygen atoms in total. The van der Waals surface area contributed by atoms with E-state index in [1.54, 1.807) is 6.07 Å². The van der Waals surface area contributed by atoms with Crippen molar-refractivity contribution < 1.29 is 19.2 Å². The second-order valence-corrected chi connectivity index (χ2v) is 6.09. The van der Waals surface area contributed by atoms with Crippen LogP contribution >= 0.6 is 0 Å². The number of ether oxygens (including phenoxy) is 1. The first-order chi connectivity index (χ1) is 13.4. The zero-order valence-electron chi connectivity index (χ0n) is 14.9. The average molecular weight is 379 g/mol. The number of esters is 1. The van der Waals surface area contributed by atoms with Gasteiger partial charge in [-0.1, -0.05) is 36.4 Å². The number of carbonyl (C=O) groups is 2. The van der Waals surface area contributed by atoms with Crippen molar-refractivity contribution in [3.05, 3.63) is 76.3 Å². The molecule has 0 aliphatic carbocycles. The van der Waals surface area contributed by atoms with Crippen LogP contribution in [-0.2, 0) is 9.53 Å². The van der Waals surface area contributed by atoms with Crippen LogP contribution in [-0.4, -0.2) is 22.9 Å². The number of rotatable bonds is 5. The molecule has 0 aliphatic rings. The molecule has 3 rings (SSSR count). The first-order valence-corrected chi connectivity index (χ1v) is 8.40. The van der Waals surface area contributed by atoms with Gasteiger partial charge in [0, 0.05) is 23.2 Å². The number of nitro benzene ring substituents is 1. The molecule has 1 amide bonds. The van der Waals surface area contributed by atoms with Gasteiger partial charge in [0.2, 0.25) is 0 Å². The van der Waals surface area contributed by atoms with Crippen molar-refractivity contribution >= 4 is 39.7 Å². The number of carbonyl (C=O) groups excluding carboxylic acids is 2. The number of nitrogens with two attached hydrogens (primary N) is 1. The zero-order chi connectivity index (χ0) is 20.3. The Morgan fingerprint density at radius 2 is 1.82 bits per heavy atom. The van der Waals surface area contributed by atoms with Gasteiger partial charge in [-0.3, -0.25) is 14.9 Å². The molecular weight excluding hydrogens is 362 g/mol. The molecule has 0 spiro atoms. The third-order valence-corrected chi connectivity index (χ3v) is 4.17. The molecule has 0 fully saturated rings. The van der Waals surface area contributed by atoms with E-state index in [1.807, 2.05) is 36.4 Å². The van der Waals surface area contributed by atoms with Crippen LogP contribution in [0.1, 0.15) is 17.3 Å². The minimum absolute atomic E-state index is 0.0459. The van der Waals surface area contributed by atoms with Crippen LogP contribution in [0.15, 0.2) is 60.7 Å². The number of benzene rings is 3. The highest BCUT2D eigenvalue weighted by molar-refractivity contribution is 6.04. The second-order valence-electron chi connectivity index (χ2n) is 6.09. The Balaban J connectivity index is 1.72. The van der Waals surface area contributed by atoms with E-state index < -0.39 is 22.9 Å². The maximum absolute atomic E-state index is 12.4. The lowest BCUT2D eigenvalue weighted by Crippen LogP contribution is -2.30. The number of nitrogen functional groups attached to an aromatic ring is 1. The predicted molar refractivity (Wildman–Crippen MR) is 105 cm³/mol. The van der Waals surface area contributed by atoms with Crippen molar-refractivity contribution in [2.45, 2.75) is 13.0 Å². The van der Waals surface area contributed by atoms with Crippen LogP contribution in [0, 0.1) is 10.1 Å². The van der Waals surface area contributed by atoms with Crippen molar-refractivity contribution in [1.29, 1.82) is 0 Å². The predicted octanol–water partition coefficient (Wildman–Crippen LogP) is 3.51. The van der Waals surface area contributed by atoms with Crippen molar-refractivity contribution in [3.8, 4) is 0 Å². The SMILES string of the molecule is CC(OC(=O)c1ccc([N+](=O)[O-])cc1N)C(=O)Nc1cccc2ccccc12. The summed E-state index contributed by atoms with van der Waals surface area (Å²) in [4.78, 5) is 34.8. The molecule has 0 aromatic heterocycles. The quantitative estimate of drug-likeness (QED) is 0.302. The minimum atomic E-state index is -1.10. The van der Waals surface area contributed by atoms with E-state index in [2.05, 4.69) is 5.32 Å². The van der Waals surface area contributed by atoms with Crippen LogP contribution in [0.4, 0.5) is 17.1 Å². The molecule has 0 bridgehead atoms. The number of nitro groups is 1. The summed E-state index contributed by atoms with van der Waals surface area (Å²) in [6.07, 6.45) is -1.10. The van der Waals surface area contributed by atoms with Gasteiger partial charge >= 0.3 is 5.97 Å². The summed E-state index contributed by atoms with van der Waals surface area (Å²) in [5.74, 6) is -1.35. The number of nitrogens with zero attached hydrogens (tertiary/aromatic N) is 1. The number of hydrogen-bond acceptors (Lipinski definition) is 6. The molecule has 1 atom stereocenters. The lowest BCUT2D eigenvalue weighted by Gasteiger charge is -2.15. The summed E-state index contributed by atoms with van der Waals surface area (Å²) in [6, 6.07) is 16.5. The van der Waals surface area contributed by atoms with Gasteiger partial charge < -0.3 is 15.8 Å². The summed E-state index contributed by atoms with van der Waals surface area (Å²) < 4.78 is 5.16. The molecule has 0 heterocycles. The number of fused-ring (bicyclic) bond motifs is 1. The van der Waals surface area contributed by atoms with E-state index in [9.17, 15) is 19.7 Å². The fourth-order valence-electron chi connectivity index (χ4n) is 2.70. The van der Waals surface area contributed by atoms with Crippen LogP contribution in [0.25, 0.3) is 10.8 Å². The van der Waals surface area contributed by atoms with Gasteiger partial charge in [0.05, 0.1) is 16.2 Å². The van der Waals surface area contributed by atoms with Crippen LogP contribution in [0.3, 0.4) is 0 Å². The van der Waals surface area contributed by atoms with E-state index in [-0.39, 0.29) is 16.9 Å². The Kier molecular flexibility index (Phi) is 5.21. The van der Waals surface area contributed by atoms with Crippen LogP contribution in [0.2, 0.25) is 0 Å². The van der Waals surface area contributed by atoms with E-state index in [0.29, 0.717) is 5.69 Å². The van der Waals surface area contributed by atoms with E-state index in [1.165, 1.54) is 13.0 Å². The monoisotopic (exact) mass is 379 g/mol. The molecule has 1 unspecified atom stereocenters. The van der Waals surface area contributed by atoms with Crippen molar-refractivity contribution in [2.75, 3.05) is 11.1 Å². The Labute approximate surface area is 160 Å². The standard InChI is InChI=1S/C20H17N3O5/c1-12(28-20(25)16-10-9-14(23(26)27)11-17(16)21)19(24)22-18-8-4-6-13-5-2-3-7-15(13)18/h2-12H,21H2,1H3,(H,22,24). The van der Waals surface area contributed by atoms with E-state index in [0.717, 1.165) is 22.9 Å². The highest BCUT2D eigenvalue weighted by Gasteiger charge is 2.22. The van der Waals surface area contributed by atoms with Crippen molar-refractivity contribution in [1.82, 2.24) is 0 Å². The summed E-state index contributed by atoms with van der Waals surface area (Å²) in [6.45, 7) is 1.43. The Hall–Kier alpha value is -3.94. The lowest BCUT2D eigenvalue weighted by atomic mass is 10.1. The molecule has 28 heavy (non-hydrogen) atoms. The second kappa shape index (κ2) is 7.75. The van der Waals surface area contributed by atoms with Gasteiger partial charge in [-0.15, -0.1) is 0 Å². The number of anilines is 2. The molecule has 3 aromatic rings. The van der Waals surface area contributed by atoms with Gasteiger partial charge in [0.25, 0.3) is 11.6 Å². The smallest absolute Gasteiger partial charge is 0.341 e. The molecule has 0 saturated carbocycles. The third-order valence-electron chi connectivity index (χ3n) is 4.17. The fourth-order valence-corrected chi connectivity index (χ4v) is 2.70. The Morgan fingerprint density at radius 1 is 1.11 bits per heavy atom. The number of amides is 1. The lowest BCUT2D eigenvalue weighted by molar-refractivity contribution is -0.384. The average Bonchev–Trinajstić information content (AvgIpc) is 2.67. The Bertz CT molecular complexity index is 1080. The molecule has 3 N–H and O–H groups in total. The minimum Gasteiger partial charge on any atom is -0.449 e. The number of non-ortho nitro benzene ring substituents is 1. The van der Waals surface area contributed by atoms with Crippen molar-refractivity contribution in [3.63, 3.8) is 0 Å². The Morgan fingerprint density at radius 3 is 2.54 bits per heavy atom. The summed E-state index contributed by atoms with van der Waals surface area (Å²) >= 11 is 0. The molecule has 0 aliphatic heterocycles. The highest BCUT2D eigenvalue weighted by atomic mass is 16.6. The third kappa shape index (κ3) is 3.90. The molecular formula is C20H17N3O5. The maximum atomic E-state index is 12.4. The molecule has 8 heteroatoms. The van der Waals surface area contributed by atoms with E-state index in [4.69, 9.17) is 10.5 Å². The number of hydrogen-bond donors (Lipinski definition) is 2. The number of nitrogens with one attached hydrogen (secondary N) is 1. The molecule has 0 saturated heterocycles. The van der Waals surface area contributed by atoms with Gasteiger partial charge in [-0.2, -0.15) is 0 Å². The highest BCUT2D eigenvalue weighted by Crippen LogP contribution is 2.24. The topological polar surface area (TPSA) is 125 Å². The zero-order valence-corrected chi connectivity index (χ0v) is 14.9. The first-order valence-electron chi connectivity index (χ1n) is 8.40. The van der Waals surface area contributed by atoms with Gasteiger partial charge in [0.1, 0.15) is 0 Å².